The summed E-state index contributed by atoms with van der Waals surface area (Å²) in [5, 5.41) is 11.9. The number of aromatic nitrogens is 1. The zero-order valence-electron chi connectivity index (χ0n) is 25.1. The average Bonchev–Trinajstić information content (AvgIpc) is 3.33. The number of carboxylic acids is 1. The minimum absolute atomic E-state index is 0.0162. The number of carbonyl (C=O) groups excluding carboxylic acids is 1. The maximum absolute atomic E-state index is 13.4. The highest BCUT2D eigenvalue weighted by atomic mass is 32.2. The Hall–Kier alpha value is -3.03. The first-order chi connectivity index (χ1) is 20.7. The zero-order valence-corrected chi connectivity index (χ0v) is 26.0. The van der Waals surface area contributed by atoms with Crippen LogP contribution in [-0.4, -0.2) is 67.0 Å². The summed E-state index contributed by atoms with van der Waals surface area (Å²) >= 11 is 0. The van der Waals surface area contributed by atoms with Crippen molar-refractivity contribution in [2.24, 2.45) is 17.8 Å². The van der Waals surface area contributed by atoms with Gasteiger partial charge in [0.2, 0.25) is 0 Å². The van der Waals surface area contributed by atoms with Crippen LogP contribution in [0.25, 0.3) is 0 Å². The molecule has 2 aliphatic rings. The van der Waals surface area contributed by atoms with E-state index in [2.05, 4.69) is 29.0 Å². The summed E-state index contributed by atoms with van der Waals surface area (Å²) in [6.07, 6.45) is -1.29. The predicted molar refractivity (Wildman–Crippen MR) is 157 cm³/mol. The van der Waals surface area contributed by atoms with Gasteiger partial charge in [0.1, 0.15) is 6.61 Å². The number of nitrogens with one attached hydrogen (secondary N) is 1. The van der Waals surface area contributed by atoms with Crippen molar-refractivity contribution in [3.8, 4) is 0 Å². The Labute approximate surface area is 256 Å². The molecule has 1 aliphatic heterocycles. The molecule has 9 nitrogen and oxygen atoms in total. The molecule has 2 N–H and O–H groups in total. The number of aliphatic carboxylic acids is 1. The van der Waals surface area contributed by atoms with Gasteiger partial charge in [-0.15, -0.1) is 0 Å². The minimum atomic E-state index is -4.14. The SMILES string of the molecule is CCS(=O)(=O)c1ccc([C@H](COCC(=O)O)NC(=O)c2cnc3c(c2)CN(CC2CCC(C(F)(F)F)CC2)[C@H]3C(C)C)cc1. The second-order valence-corrected chi connectivity index (χ2v) is 14.3. The number of hydrogen-bond acceptors (Lipinski definition) is 7. The van der Waals surface area contributed by atoms with E-state index in [0.717, 1.165) is 11.3 Å². The van der Waals surface area contributed by atoms with Crippen molar-refractivity contribution in [2.45, 2.75) is 76.2 Å². The molecule has 0 bridgehead atoms. The summed E-state index contributed by atoms with van der Waals surface area (Å²) in [5.41, 5.74) is 2.58. The number of fused-ring (bicyclic) bond motifs is 1. The topological polar surface area (TPSA) is 126 Å². The number of ether oxygens (including phenoxy) is 1. The Kier molecular flexibility index (Phi) is 10.7. The fraction of sp³-hybridized carbons (Fsp3) is 0.581. The first-order valence-electron chi connectivity index (χ1n) is 14.9. The third kappa shape index (κ3) is 8.16. The third-order valence-corrected chi connectivity index (χ3v) is 10.3. The van der Waals surface area contributed by atoms with Gasteiger partial charge in [-0.1, -0.05) is 32.9 Å². The maximum atomic E-state index is 13.4. The maximum Gasteiger partial charge on any atom is 0.391 e. The van der Waals surface area contributed by atoms with Crippen molar-refractivity contribution in [3.63, 3.8) is 0 Å². The molecule has 2 atom stereocenters. The summed E-state index contributed by atoms with van der Waals surface area (Å²) in [6, 6.07) is 7.00. The van der Waals surface area contributed by atoms with E-state index in [-0.39, 0.29) is 48.0 Å². The van der Waals surface area contributed by atoms with Crippen molar-refractivity contribution < 1.29 is 41.0 Å². The van der Waals surface area contributed by atoms with E-state index in [1.807, 2.05) is 0 Å². The third-order valence-electron chi connectivity index (χ3n) is 8.58. The van der Waals surface area contributed by atoms with Gasteiger partial charge in [-0.05, 0) is 66.8 Å². The van der Waals surface area contributed by atoms with E-state index < -0.39 is 46.5 Å². The van der Waals surface area contributed by atoms with E-state index in [1.54, 1.807) is 25.1 Å². The van der Waals surface area contributed by atoms with Crippen LogP contribution < -0.4 is 5.32 Å². The Bertz CT molecular complexity index is 1420. The number of carbonyl (C=O) groups is 2. The lowest BCUT2D eigenvalue weighted by atomic mass is 9.81. The molecule has 2 heterocycles. The Morgan fingerprint density at radius 2 is 1.80 bits per heavy atom. The van der Waals surface area contributed by atoms with Gasteiger partial charge in [0.25, 0.3) is 5.91 Å². The molecule has 242 valence electrons. The van der Waals surface area contributed by atoms with Gasteiger partial charge in [0.15, 0.2) is 9.84 Å². The van der Waals surface area contributed by atoms with Crippen LogP contribution in [0.5, 0.6) is 0 Å². The van der Waals surface area contributed by atoms with Gasteiger partial charge in [0.05, 0.1) is 46.5 Å². The summed E-state index contributed by atoms with van der Waals surface area (Å²) in [7, 11) is -3.43. The van der Waals surface area contributed by atoms with Crippen molar-refractivity contribution in [1.29, 1.82) is 0 Å². The molecular weight excluding hydrogens is 599 g/mol. The molecule has 13 heteroatoms. The minimum Gasteiger partial charge on any atom is -0.480 e. The Morgan fingerprint density at radius 1 is 1.14 bits per heavy atom. The van der Waals surface area contributed by atoms with Gasteiger partial charge in [-0.2, -0.15) is 13.2 Å². The van der Waals surface area contributed by atoms with Crippen LogP contribution in [0, 0.1) is 17.8 Å². The van der Waals surface area contributed by atoms with Crippen molar-refractivity contribution in [3.05, 3.63) is 58.9 Å². The van der Waals surface area contributed by atoms with Gasteiger partial charge in [-0.25, -0.2) is 13.2 Å². The first-order valence-corrected chi connectivity index (χ1v) is 16.6. The van der Waals surface area contributed by atoms with Crippen LogP contribution >= 0.6 is 0 Å². The number of hydrogen-bond donors (Lipinski definition) is 2. The van der Waals surface area contributed by atoms with E-state index in [4.69, 9.17) is 9.84 Å². The molecule has 1 aromatic carbocycles. The number of sulfone groups is 1. The number of rotatable bonds is 12. The number of amides is 1. The number of benzene rings is 1. The highest BCUT2D eigenvalue weighted by Gasteiger charge is 2.42. The smallest absolute Gasteiger partial charge is 0.391 e. The van der Waals surface area contributed by atoms with Crippen LogP contribution in [0.1, 0.15) is 85.7 Å². The molecule has 2 aromatic rings. The number of carboxylic acid groups (broad SMARTS) is 1. The van der Waals surface area contributed by atoms with E-state index >= 15 is 0 Å². The Balaban J connectivity index is 1.48. The molecule has 0 unspecified atom stereocenters. The monoisotopic (exact) mass is 639 g/mol. The summed E-state index contributed by atoms with van der Waals surface area (Å²) in [6.45, 7) is 6.17. The molecule has 1 aromatic heterocycles. The fourth-order valence-electron chi connectivity index (χ4n) is 6.25. The van der Waals surface area contributed by atoms with E-state index in [0.29, 0.717) is 37.1 Å². The quantitative estimate of drug-likeness (QED) is 0.319. The number of pyridine rings is 1. The molecular formula is C31H40F3N3O6S. The number of nitrogens with zero attached hydrogens (tertiary/aromatic N) is 2. The molecule has 44 heavy (non-hydrogen) atoms. The highest BCUT2D eigenvalue weighted by molar-refractivity contribution is 7.91. The van der Waals surface area contributed by atoms with Crippen LogP contribution in [0.3, 0.4) is 0 Å². The summed E-state index contributed by atoms with van der Waals surface area (Å²) in [5.74, 6) is -2.55. The number of halogens is 3. The first kappa shape index (κ1) is 33.9. The van der Waals surface area contributed by atoms with Gasteiger partial charge < -0.3 is 15.2 Å². The lowest BCUT2D eigenvalue weighted by molar-refractivity contribution is -0.184. The fourth-order valence-corrected chi connectivity index (χ4v) is 7.13. The van der Waals surface area contributed by atoms with Gasteiger partial charge in [0, 0.05) is 19.3 Å². The molecule has 0 spiro atoms. The number of alkyl halides is 3. The standard InChI is InChI=1S/C31H40F3N3O6S/c1-4-44(41,42)25-11-7-21(8-12-25)26(17-43-18-27(38)39)36-30(40)22-13-23-16-37(29(19(2)3)28(23)35-14-22)15-20-5-9-24(10-6-20)31(32,33)34/h7-8,11-14,19-20,24,26,29H,4-6,9-10,15-18H2,1-3H3,(H,36,40)(H,38,39)/t20?,24?,26-,29-/m0/s1. The van der Waals surface area contributed by atoms with Crippen LogP contribution in [-0.2, 0) is 25.9 Å². The van der Waals surface area contributed by atoms with Gasteiger partial charge >= 0.3 is 12.1 Å². The Morgan fingerprint density at radius 3 is 2.36 bits per heavy atom. The van der Waals surface area contributed by atoms with Gasteiger partial charge in [-0.3, -0.25) is 14.7 Å². The molecule has 1 aliphatic carbocycles. The molecule has 0 radical (unpaired) electrons. The molecule has 4 rings (SSSR count). The van der Waals surface area contributed by atoms with Crippen molar-refractivity contribution in [2.75, 3.05) is 25.5 Å². The van der Waals surface area contributed by atoms with Crippen molar-refractivity contribution in [1.82, 2.24) is 15.2 Å². The summed E-state index contributed by atoms with van der Waals surface area (Å²) < 4.78 is 69.2. The van der Waals surface area contributed by atoms with Crippen LogP contribution in [0.4, 0.5) is 13.2 Å². The second kappa shape index (κ2) is 13.9. The lowest BCUT2D eigenvalue weighted by Crippen LogP contribution is -2.35. The van der Waals surface area contributed by atoms with Crippen LogP contribution in [0.2, 0.25) is 0 Å². The average molecular weight is 640 g/mol. The van der Waals surface area contributed by atoms with Crippen molar-refractivity contribution >= 4 is 21.7 Å². The molecule has 0 saturated heterocycles. The zero-order chi connectivity index (χ0) is 32.2. The lowest BCUT2D eigenvalue weighted by Gasteiger charge is -2.35. The van der Waals surface area contributed by atoms with E-state index in [1.165, 1.54) is 18.3 Å². The second-order valence-electron chi connectivity index (χ2n) is 12.1. The van der Waals surface area contributed by atoms with E-state index in [9.17, 15) is 31.2 Å². The predicted octanol–water partition coefficient (Wildman–Crippen LogP) is 5.33. The summed E-state index contributed by atoms with van der Waals surface area (Å²) in [4.78, 5) is 31.5. The highest BCUT2D eigenvalue weighted by Crippen LogP contribution is 2.43. The largest absolute Gasteiger partial charge is 0.480 e. The van der Waals surface area contributed by atoms with Crippen LogP contribution in [0.15, 0.2) is 41.4 Å². The molecule has 1 fully saturated rings. The molecule has 1 saturated carbocycles. The normalized spacial score (nSPS) is 21.7. The molecule has 1 amide bonds.